The third kappa shape index (κ3) is 4.29. The molecule has 1 aliphatic heterocycles. The highest BCUT2D eigenvalue weighted by Crippen LogP contribution is 2.15. The zero-order chi connectivity index (χ0) is 15.2. The number of nitrogens with zero attached hydrogens (tertiary/aromatic N) is 1. The molecule has 2 unspecified atom stereocenters. The molecule has 1 amide bonds. The van der Waals surface area contributed by atoms with Crippen molar-refractivity contribution in [2.45, 2.75) is 45.3 Å². The molecule has 1 aromatic carbocycles. The van der Waals surface area contributed by atoms with Crippen LogP contribution < -0.4 is 0 Å². The lowest BCUT2D eigenvalue weighted by atomic mass is 10.1. The van der Waals surface area contributed by atoms with E-state index in [1.165, 1.54) is 18.4 Å². The van der Waals surface area contributed by atoms with Crippen LogP contribution in [0, 0.1) is 0 Å². The van der Waals surface area contributed by atoms with E-state index < -0.39 is 0 Å². The smallest absolute Gasteiger partial charge is 0.254 e. The summed E-state index contributed by atoms with van der Waals surface area (Å²) in [6, 6.07) is 7.88. The van der Waals surface area contributed by atoms with Crippen molar-refractivity contribution in [1.29, 1.82) is 0 Å². The maximum Gasteiger partial charge on any atom is 0.254 e. The van der Waals surface area contributed by atoms with Gasteiger partial charge in [0.1, 0.15) is 0 Å². The van der Waals surface area contributed by atoms with Crippen LogP contribution in [0.2, 0.25) is 0 Å². The van der Waals surface area contributed by atoms with E-state index in [0.717, 1.165) is 6.42 Å². The second kappa shape index (κ2) is 7.57. The standard InChI is InChI=1S/C17H25NO3/c1-3-4-5-14-6-8-15(9-7-14)17(20)18-10-13(2)21-16(11-18)12-19/h6-9,13,16,19H,3-5,10-12H2,1-2H3. The summed E-state index contributed by atoms with van der Waals surface area (Å²) >= 11 is 0. The fourth-order valence-corrected chi connectivity index (χ4v) is 2.69. The molecule has 1 aromatic rings. The molecule has 21 heavy (non-hydrogen) atoms. The molecular weight excluding hydrogens is 266 g/mol. The van der Waals surface area contributed by atoms with Crippen LogP contribution in [-0.4, -0.2) is 47.8 Å². The average molecular weight is 291 g/mol. The first kappa shape index (κ1) is 16.0. The van der Waals surface area contributed by atoms with Gasteiger partial charge in [0.05, 0.1) is 18.8 Å². The van der Waals surface area contributed by atoms with Gasteiger partial charge in [-0.3, -0.25) is 4.79 Å². The molecule has 1 aliphatic rings. The highest BCUT2D eigenvalue weighted by molar-refractivity contribution is 5.94. The second-order valence-electron chi connectivity index (χ2n) is 5.76. The van der Waals surface area contributed by atoms with E-state index in [0.29, 0.717) is 18.7 Å². The van der Waals surface area contributed by atoms with Crippen LogP contribution in [0.15, 0.2) is 24.3 Å². The van der Waals surface area contributed by atoms with Crippen LogP contribution in [0.25, 0.3) is 0 Å². The molecule has 0 radical (unpaired) electrons. The first-order chi connectivity index (χ1) is 10.1. The first-order valence-corrected chi connectivity index (χ1v) is 7.78. The lowest BCUT2D eigenvalue weighted by molar-refractivity contribution is -0.0858. The molecule has 1 N–H and O–H groups in total. The van der Waals surface area contributed by atoms with E-state index in [9.17, 15) is 9.90 Å². The maximum atomic E-state index is 12.5. The van der Waals surface area contributed by atoms with Crippen LogP contribution in [0.5, 0.6) is 0 Å². The average Bonchev–Trinajstić information content (AvgIpc) is 2.52. The van der Waals surface area contributed by atoms with Crippen molar-refractivity contribution in [3.05, 3.63) is 35.4 Å². The number of carbonyl (C=O) groups is 1. The van der Waals surface area contributed by atoms with Gasteiger partial charge in [0.2, 0.25) is 0 Å². The van der Waals surface area contributed by atoms with Crippen molar-refractivity contribution < 1.29 is 14.6 Å². The zero-order valence-electron chi connectivity index (χ0n) is 12.9. The van der Waals surface area contributed by atoms with Gasteiger partial charge in [-0.05, 0) is 37.5 Å². The predicted molar refractivity (Wildman–Crippen MR) is 82.4 cm³/mol. The van der Waals surface area contributed by atoms with E-state index in [-0.39, 0.29) is 24.7 Å². The van der Waals surface area contributed by atoms with Gasteiger partial charge in [0.25, 0.3) is 5.91 Å². The molecule has 0 aromatic heterocycles. The normalized spacial score (nSPS) is 22.3. The Hall–Kier alpha value is -1.39. The number of unbranched alkanes of at least 4 members (excludes halogenated alkanes) is 1. The molecule has 1 saturated heterocycles. The lowest BCUT2D eigenvalue weighted by Gasteiger charge is -2.36. The van der Waals surface area contributed by atoms with Crippen LogP contribution in [-0.2, 0) is 11.2 Å². The number of aliphatic hydroxyl groups is 1. The van der Waals surface area contributed by atoms with Crippen molar-refractivity contribution >= 4 is 5.91 Å². The van der Waals surface area contributed by atoms with E-state index in [1.807, 2.05) is 31.2 Å². The zero-order valence-corrected chi connectivity index (χ0v) is 12.9. The van der Waals surface area contributed by atoms with Crippen LogP contribution in [0.4, 0.5) is 0 Å². The van der Waals surface area contributed by atoms with E-state index >= 15 is 0 Å². The number of amides is 1. The molecule has 1 heterocycles. The Morgan fingerprint density at radius 1 is 1.33 bits per heavy atom. The summed E-state index contributed by atoms with van der Waals surface area (Å²) < 4.78 is 5.57. The monoisotopic (exact) mass is 291 g/mol. The summed E-state index contributed by atoms with van der Waals surface area (Å²) in [6.45, 7) is 5.08. The van der Waals surface area contributed by atoms with Gasteiger partial charge in [0, 0.05) is 18.7 Å². The van der Waals surface area contributed by atoms with Crippen LogP contribution in [0.1, 0.15) is 42.6 Å². The van der Waals surface area contributed by atoms with Crippen LogP contribution >= 0.6 is 0 Å². The fourth-order valence-electron chi connectivity index (χ4n) is 2.69. The minimum Gasteiger partial charge on any atom is -0.394 e. The van der Waals surface area contributed by atoms with Crippen molar-refractivity contribution in [2.24, 2.45) is 0 Å². The number of morpholine rings is 1. The van der Waals surface area contributed by atoms with Crippen molar-refractivity contribution in [1.82, 2.24) is 4.90 Å². The highest BCUT2D eigenvalue weighted by Gasteiger charge is 2.28. The van der Waals surface area contributed by atoms with Gasteiger partial charge in [0.15, 0.2) is 0 Å². The minimum atomic E-state index is -0.276. The molecule has 4 nitrogen and oxygen atoms in total. The van der Waals surface area contributed by atoms with Gasteiger partial charge in [-0.25, -0.2) is 0 Å². The SMILES string of the molecule is CCCCc1ccc(C(=O)N2CC(C)OC(CO)C2)cc1. The Morgan fingerprint density at radius 2 is 2.05 bits per heavy atom. The third-order valence-corrected chi connectivity index (χ3v) is 3.84. The third-order valence-electron chi connectivity index (χ3n) is 3.84. The molecule has 0 saturated carbocycles. The van der Waals surface area contributed by atoms with Gasteiger partial charge in [-0.1, -0.05) is 25.5 Å². The Kier molecular flexibility index (Phi) is 5.76. The topological polar surface area (TPSA) is 49.8 Å². The summed E-state index contributed by atoms with van der Waals surface area (Å²) in [5.41, 5.74) is 1.98. The summed E-state index contributed by atoms with van der Waals surface area (Å²) in [5.74, 6) is 0.0191. The van der Waals surface area contributed by atoms with Crippen molar-refractivity contribution in [3.63, 3.8) is 0 Å². The van der Waals surface area contributed by atoms with Crippen molar-refractivity contribution in [2.75, 3.05) is 19.7 Å². The maximum absolute atomic E-state index is 12.5. The number of benzene rings is 1. The number of aliphatic hydroxyl groups excluding tert-OH is 1. The predicted octanol–water partition coefficient (Wildman–Crippen LogP) is 2.25. The number of carbonyl (C=O) groups excluding carboxylic acids is 1. The Balaban J connectivity index is 2.01. The summed E-state index contributed by atoms with van der Waals surface area (Å²) in [7, 11) is 0. The molecular formula is C17H25NO3. The molecule has 0 aliphatic carbocycles. The van der Waals surface area contributed by atoms with Crippen molar-refractivity contribution in [3.8, 4) is 0 Å². The number of aryl methyl sites for hydroxylation is 1. The first-order valence-electron chi connectivity index (χ1n) is 7.78. The molecule has 116 valence electrons. The molecule has 2 atom stereocenters. The fraction of sp³-hybridized carbons (Fsp3) is 0.588. The highest BCUT2D eigenvalue weighted by atomic mass is 16.5. The number of ether oxygens (including phenoxy) is 1. The number of hydrogen-bond donors (Lipinski definition) is 1. The van der Waals surface area contributed by atoms with E-state index in [4.69, 9.17) is 4.74 Å². The summed E-state index contributed by atoms with van der Waals surface area (Å²) in [5, 5.41) is 9.23. The van der Waals surface area contributed by atoms with Gasteiger partial charge < -0.3 is 14.7 Å². The summed E-state index contributed by atoms with van der Waals surface area (Å²) in [4.78, 5) is 14.3. The molecule has 2 rings (SSSR count). The quantitative estimate of drug-likeness (QED) is 0.905. The minimum absolute atomic E-state index is 0.0191. The van der Waals surface area contributed by atoms with Gasteiger partial charge in [-0.15, -0.1) is 0 Å². The Morgan fingerprint density at radius 3 is 2.67 bits per heavy atom. The van der Waals surface area contributed by atoms with E-state index in [1.54, 1.807) is 4.90 Å². The molecule has 0 bridgehead atoms. The largest absolute Gasteiger partial charge is 0.394 e. The van der Waals surface area contributed by atoms with Gasteiger partial charge >= 0.3 is 0 Å². The van der Waals surface area contributed by atoms with E-state index in [2.05, 4.69) is 6.92 Å². The number of hydrogen-bond acceptors (Lipinski definition) is 3. The second-order valence-corrected chi connectivity index (χ2v) is 5.76. The Bertz CT molecular complexity index is 458. The molecule has 4 heteroatoms. The Labute approximate surface area is 126 Å². The lowest BCUT2D eigenvalue weighted by Crippen LogP contribution is -2.50. The molecule has 0 spiro atoms. The summed E-state index contributed by atoms with van der Waals surface area (Å²) in [6.07, 6.45) is 3.10. The molecule has 1 fully saturated rings. The van der Waals surface area contributed by atoms with Crippen LogP contribution in [0.3, 0.4) is 0 Å². The number of rotatable bonds is 5. The van der Waals surface area contributed by atoms with Gasteiger partial charge in [-0.2, -0.15) is 0 Å².